The van der Waals surface area contributed by atoms with Crippen LogP contribution in [0.1, 0.15) is 10.4 Å². The van der Waals surface area contributed by atoms with Gasteiger partial charge in [0.1, 0.15) is 0 Å². The molecule has 4 nitrogen and oxygen atoms in total. The van der Waals surface area contributed by atoms with Crippen molar-refractivity contribution < 1.29 is 14.3 Å². The molecule has 0 saturated carbocycles. The third kappa shape index (κ3) is 2.98. The zero-order valence-electron chi connectivity index (χ0n) is 10.1. The maximum atomic E-state index is 11.6. The van der Waals surface area contributed by atoms with Gasteiger partial charge in [-0.25, -0.2) is 4.79 Å². The van der Waals surface area contributed by atoms with Crippen LogP contribution in [0.4, 0.5) is 5.69 Å². The van der Waals surface area contributed by atoms with Crippen LogP contribution in [0.5, 0.6) is 0 Å². The molecule has 0 fully saturated rings. The molecule has 0 N–H and O–H groups in total. The first-order valence-electron chi connectivity index (χ1n) is 5.19. The summed E-state index contributed by atoms with van der Waals surface area (Å²) in [5.41, 5.74) is 1.01. The smallest absolute Gasteiger partial charge is 0.337 e. The van der Waals surface area contributed by atoms with Crippen LogP contribution in [0.25, 0.3) is 0 Å². The third-order valence-corrected chi connectivity index (χ3v) is 2.29. The molecule has 1 rings (SSSR count). The van der Waals surface area contributed by atoms with Gasteiger partial charge in [0.2, 0.25) is 0 Å². The number of carbonyl (C=O) groups excluding carboxylic acids is 2. The average molecular weight is 243 g/mol. The first-order chi connectivity index (χ1) is 8.63. The number of carbonyl (C=O) groups is 2. The maximum absolute atomic E-state index is 11.6. The van der Waals surface area contributed by atoms with Gasteiger partial charge in [0, 0.05) is 5.69 Å². The number of anilines is 1. The Kier molecular flexibility index (Phi) is 4.70. The summed E-state index contributed by atoms with van der Waals surface area (Å²) in [6.07, 6.45) is 6.39. The van der Waals surface area contributed by atoms with E-state index in [-0.39, 0.29) is 12.5 Å². The quantitative estimate of drug-likeness (QED) is 0.458. The number of hydrogen-bond donors (Lipinski definition) is 0. The molecule has 18 heavy (non-hydrogen) atoms. The molecule has 0 spiro atoms. The lowest BCUT2D eigenvalue weighted by Crippen LogP contribution is -2.29. The molecule has 0 unspecified atom stereocenters. The highest BCUT2D eigenvalue weighted by Crippen LogP contribution is 2.16. The molecule has 0 aliphatic carbocycles. The molecule has 0 saturated heterocycles. The lowest BCUT2D eigenvalue weighted by atomic mass is 10.2. The van der Waals surface area contributed by atoms with Gasteiger partial charge in [0.05, 0.1) is 19.2 Å². The molecule has 1 aromatic rings. The van der Waals surface area contributed by atoms with E-state index in [1.54, 1.807) is 24.3 Å². The van der Waals surface area contributed by atoms with Crippen molar-refractivity contribution in [2.45, 2.75) is 0 Å². The highest BCUT2D eigenvalue weighted by atomic mass is 16.5. The molecule has 0 aromatic heterocycles. The monoisotopic (exact) mass is 243 g/mol. The van der Waals surface area contributed by atoms with Gasteiger partial charge in [-0.05, 0) is 30.3 Å². The van der Waals surface area contributed by atoms with E-state index in [1.165, 1.54) is 18.1 Å². The van der Waals surface area contributed by atoms with Crippen molar-refractivity contribution in [2.75, 3.05) is 18.6 Å². The van der Waals surface area contributed by atoms with Gasteiger partial charge in [-0.2, -0.15) is 0 Å². The van der Waals surface area contributed by atoms with Gasteiger partial charge in [-0.15, -0.1) is 6.42 Å². The number of hydrogen-bond acceptors (Lipinski definition) is 3. The van der Waals surface area contributed by atoms with Crippen LogP contribution in [0.15, 0.2) is 36.9 Å². The van der Waals surface area contributed by atoms with Crippen molar-refractivity contribution >= 4 is 17.6 Å². The largest absolute Gasteiger partial charge is 0.465 e. The summed E-state index contributed by atoms with van der Waals surface area (Å²) >= 11 is 0. The van der Waals surface area contributed by atoms with Gasteiger partial charge in [0.15, 0.2) is 0 Å². The number of ether oxygens (including phenoxy) is 1. The van der Waals surface area contributed by atoms with Gasteiger partial charge in [0.25, 0.3) is 5.91 Å². The fraction of sp³-hybridized carbons (Fsp3) is 0.143. The number of methoxy groups -OCH3 is 1. The Morgan fingerprint density at radius 3 is 2.50 bits per heavy atom. The maximum Gasteiger partial charge on any atom is 0.337 e. The van der Waals surface area contributed by atoms with Crippen LogP contribution in [-0.2, 0) is 9.53 Å². The van der Waals surface area contributed by atoms with Crippen LogP contribution in [0, 0.1) is 12.3 Å². The van der Waals surface area contributed by atoms with E-state index in [9.17, 15) is 9.59 Å². The first-order valence-corrected chi connectivity index (χ1v) is 5.19. The van der Waals surface area contributed by atoms with Crippen LogP contribution in [0.2, 0.25) is 0 Å². The van der Waals surface area contributed by atoms with E-state index in [0.29, 0.717) is 11.3 Å². The number of terminal acetylenes is 1. The van der Waals surface area contributed by atoms with E-state index in [1.807, 2.05) is 0 Å². The van der Waals surface area contributed by atoms with E-state index in [4.69, 9.17) is 6.42 Å². The van der Waals surface area contributed by atoms with Gasteiger partial charge < -0.3 is 4.74 Å². The minimum absolute atomic E-state index is 0.141. The molecule has 0 aliphatic rings. The fourth-order valence-electron chi connectivity index (χ4n) is 1.39. The number of benzene rings is 1. The predicted molar refractivity (Wildman–Crippen MR) is 69.2 cm³/mol. The zero-order chi connectivity index (χ0) is 13.5. The van der Waals surface area contributed by atoms with E-state index in [0.717, 1.165) is 0 Å². The van der Waals surface area contributed by atoms with Crippen molar-refractivity contribution in [1.29, 1.82) is 0 Å². The summed E-state index contributed by atoms with van der Waals surface area (Å²) in [6.45, 7) is 3.56. The molecule has 0 heterocycles. The summed E-state index contributed by atoms with van der Waals surface area (Å²) in [6, 6.07) is 6.40. The molecule has 1 amide bonds. The molecule has 1 aromatic carbocycles. The molecule has 92 valence electrons. The van der Waals surface area contributed by atoms with Crippen LogP contribution >= 0.6 is 0 Å². The second kappa shape index (κ2) is 6.26. The molecule has 0 atom stereocenters. The van der Waals surface area contributed by atoms with Gasteiger partial charge in [-0.3, -0.25) is 9.69 Å². The minimum Gasteiger partial charge on any atom is -0.465 e. The summed E-state index contributed by atoms with van der Waals surface area (Å²) in [5.74, 6) is 1.67. The Balaban J connectivity index is 3.01. The molecular formula is C14H13NO3. The number of rotatable bonds is 4. The Morgan fingerprint density at radius 1 is 1.44 bits per heavy atom. The number of esters is 1. The Bertz CT molecular complexity index is 497. The normalized spacial score (nSPS) is 9.11. The van der Waals surface area contributed by atoms with Crippen molar-refractivity contribution in [3.8, 4) is 12.3 Å². The zero-order valence-corrected chi connectivity index (χ0v) is 10.1. The van der Waals surface area contributed by atoms with Crippen LogP contribution in [0.3, 0.4) is 0 Å². The summed E-state index contributed by atoms with van der Waals surface area (Å²) in [7, 11) is 1.31. The highest BCUT2D eigenvalue weighted by Gasteiger charge is 2.12. The second-order valence-corrected chi connectivity index (χ2v) is 3.37. The van der Waals surface area contributed by atoms with Gasteiger partial charge >= 0.3 is 5.97 Å². The topological polar surface area (TPSA) is 46.6 Å². The van der Waals surface area contributed by atoms with Crippen molar-refractivity contribution in [3.63, 3.8) is 0 Å². The number of nitrogens with zero attached hydrogens (tertiary/aromatic N) is 1. The van der Waals surface area contributed by atoms with Crippen LogP contribution in [-0.4, -0.2) is 25.5 Å². The average Bonchev–Trinajstić information content (AvgIpc) is 2.43. The molecule has 0 radical (unpaired) electrons. The standard InChI is InChI=1S/C14H13NO3/c1-4-10-15(13(16)5-2)12-8-6-11(7-9-12)14(17)18-3/h1,5-9H,2,10H2,3H3. The molecule has 4 heteroatoms. The minimum atomic E-state index is -0.430. The van der Waals surface area contributed by atoms with E-state index < -0.39 is 5.97 Å². The fourth-order valence-corrected chi connectivity index (χ4v) is 1.39. The molecular weight excluding hydrogens is 230 g/mol. The lowest BCUT2D eigenvalue weighted by Gasteiger charge is -2.18. The SMILES string of the molecule is C#CCN(C(=O)C=C)c1ccc(C(=O)OC)cc1. The summed E-state index contributed by atoms with van der Waals surface area (Å²) in [4.78, 5) is 24.2. The summed E-state index contributed by atoms with van der Waals surface area (Å²) < 4.78 is 4.58. The highest BCUT2D eigenvalue weighted by molar-refractivity contribution is 6.01. The lowest BCUT2D eigenvalue weighted by molar-refractivity contribution is -0.114. The molecule has 0 aliphatic heterocycles. The van der Waals surface area contributed by atoms with E-state index in [2.05, 4.69) is 17.2 Å². The van der Waals surface area contributed by atoms with Gasteiger partial charge in [-0.1, -0.05) is 12.5 Å². The predicted octanol–water partition coefficient (Wildman–Crippen LogP) is 1.63. The Morgan fingerprint density at radius 2 is 2.06 bits per heavy atom. The van der Waals surface area contributed by atoms with Crippen molar-refractivity contribution in [2.24, 2.45) is 0 Å². The Hall–Kier alpha value is -2.54. The van der Waals surface area contributed by atoms with E-state index >= 15 is 0 Å². The van der Waals surface area contributed by atoms with Crippen LogP contribution < -0.4 is 4.90 Å². The van der Waals surface area contributed by atoms with Crippen molar-refractivity contribution in [1.82, 2.24) is 0 Å². The molecule has 0 bridgehead atoms. The second-order valence-electron chi connectivity index (χ2n) is 3.37. The number of amides is 1. The summed E-state index contributed by atoms with van der Waals surface area (Å²) in [5, 5.41) is 0. The van der Waals surface area contributed by atoms with Crippen molar-refractivity contribution in [3.05, 3.63) is 42.5 Å². The Labute approximate surface area is 106 Å². The third-order valence-electron chi connectivity index (χ3n) is 2.29. The first kappa shape index (κ1) is 13.5.